The van der Waals surface area contributed by atoms with Crippen molar-refractivity contribution in [3.63, 3.8) is 0 Å². The van der Waals surface area contributed by atoms with Crippen LogP contribution >= 0.6 is 0 Å². The van der Waals surface area contributed by atoms with Gasteiger partial charge in [0, 0.05) is 13.6 Å². The van der Waals surface area contributed by atoms with E-state index in [1.807, 2.05) is 0 Å². The number of hydrogen-bond donors (Lipinski definition) is 1. The third-order valence-corrected chi connectivity index (χ3v) is 6.87. The van der Waals surface area contributed by atoms with Gasteiger partial charge in [-0.1, -0.05) is 6.42 Å². The minimum atomic E-state index is -3.74. The molecule has 1 amide bonds. The average molecular weight is 312 g/mol. The van der Waals surface area contributed by atoms with Gasteiger partial charge in [-0.2, -0.15) is 9.40 Å². The van der Waals surface area contributed by atoms with E-state index in [-0.39, 0.29) is 16.7 Å². The molecule has 1 saturated carbocycles. The number of fused-ring (bicyclic) bond motifs is 1. The quantitative estimate of drug-likeness (QED) is 0.849. The van der Waals surface area contributed by atoms with E-state index in [9.17, 15) is 13.2 Å². The molecular formula is C13H20N4O3S. The number of rotatable bonds is 3. The van der Waals surface area contributed by atoms with E-state index in [2.05, 4.69) is 5.10 Å². The molecule has 2 heterocycles. The minimum Gasteiger partial charge on any atom is -0.368 e. The van der Waals surface area contributed by atoms with Crippen LogP contribution in [-0.2, 0) is 21.9 Å². The van der Waals surface area contributed by atoms with Crippen LogP contribution in [0.2, 0.25) is 0 Å². The monoisotopic (exact) mass is 312 g/mol. The van der Waals surface area contributed by atoms with Crippen LogP contribution in [0.4, 0.5) is 0 Å². The number of primary amides is 1. The molecule has 3 unspecified atom stereocenters. The lowest BCUT2D eigenvalue weighted by Crippen LogP contribution is -2.46. The fraction of sp³-hybridized carbons (Fsp3) is 0.692. The maximum Gasteiger partial charge on any atom is 0.247 e. The Morgan fingerprint density at radius 3 is 2.71 bits per heavy atom. The first-order chi connectivity index (χ1) is 9.84. The number of sulfonamides is 1. The topological polar surface area (TPSA) is 98.3 Å². The smallest absolute Gasteiger partial charge is 0.247 e. The Morgan fingerprint density at radius 1 is 1.43 bits per heavy atom. The molecule has 0 bridgehead atoms. The van der Waals surface area contributed by atoms with E-state index in [0.29, 0.717) is 12.2 Å². The lowest BCUT2D eigenvalue weighted by Gasteiger charge is -2.24. The van der Waals surface area contributed by atoms with Crippen molar-refractivity contribution >= 4 is 15.9 Å². The summed E-state index contributed by atoms with van der Waals surface area (Å²) in [6, 6.07) is -0.720. The lowest BCUT2D eigenvalue weighted by molar-refractivity contribution is -0.122. The van der Waals surface area contributed by atoms with Crippen molar-refractivity contribution in [1.82, 2.24) is 14.1 Å². The summed E-state index contributed by atoms with van der Waals surface area (Å²) in [7, 11) is -2.04. The zero-order chi connectivity index (χ0) is 15.4. The molecule has 0 aromatic carbocycles. The maximum atomic E-state index is 12.9. The maximum absolute atomic E-state index is 12.9. The van der Waals surface area contributed by atoms with E-state index in [4.69, 9.17) is 5.73 Å². The molecule has 0 radical (unpaired) electrons. The Bertz CT molecular complexity index is 682. The van der Waals surface area contributed by atoms with E-state index >= 15 is 0 Å². The second-order valence-electron chi connectivity index (χ2n) is 5.99. The number of amides is 1. The zero-order valence-electron chi connectivity index (χ0n) is 12.2. The summed E-state index contributed by atoms with van der Waals surface area (Å²) in [6.07, 6.45) is 4.22. The molecule has 21 heavy (non-hydrogen) atoms. The van der Waals surface area contributed by atoms with Crippen molar-refractivity contribution in [2.45, 2.75) is 37.1 Å². The van der Waals surface area contributed by atoms with Gasteiger partial charge >= 0.3 is 0 Å². The summed E-state index contributed by atoms with van der Waals surface area (Å²) in [6.45, 7) is 2.09. The number of carbonyl (C=O) groups is 1. The van der Waals surface area contributed by atoms with Gasteiger partial charge in [0.2, 0.25) is 15.9 Å². The average Bonchev–Trinajstić information content (AvgIpc) is 3.04. The van der Waals surface area contributed by atoms with Crippen molar-refractivity contribution < 1.29 is 13.2 Å². The van der Waals surface area contributed by atoms with E-state index < -0.39 is 22.0 Å². The highest BCUT2D eigenvalue weighted by Gasteiger charge is 2.51. The summed E-state index contributed by atoms with van der Waals surface area (Å²) < 4.78 is 28.6. The fourth-order valence-electron chi connectivity index (χ4n) is 3.72. The van der Waals surface area contributed by atoms with Crippen molar-refractivity contribution in [3.05, 3.63) is 11.9 Å². The van der Waals surface area contributed by atoms with Crippen LogP contribution in [0.25, 0.3) is 0 Å². The Balaban J connectivity index is 2.02. The molecule has 116 valence electrons. The molecular weight excluding hydrogens is 292 g/mol. The second kappa shape index (κ2) is 4.81. The molecule has 2 N–H and O–H groups in total. The summed E-state index contributed by atoms with van der Waals surface area (Å²) in [5.74, 6) is -0.238. The predicted octanol–water partition coefficient (Wildman–Crippen LogP) is 0.00302. The third kappa shape index (κ3) is 2.08. The number of nitrogens with zero attached hydrogens (tertiary/aromatic N) is 3. The van der Waals surface area contributed by atoms with Gasteiger partial charge in [-0.3, -0.25) is 9.48 Å². The van der Waals surface area contributed by atoms with Gasteiger partial charge in [-0.25, -0.2) is 8.42 Å². The van der Waals surface area contributed by atoms with Crippen LogP contribution in [0.15, 0.2) is 11.1 Å². The molecule has 3 rings (SSSR count). The Kier molecular flexibility index (Phi) is 3.32. The Labute approximate surface area is 124 Å². The Hall–Kier alpha value is -1.41. The van der Waals surface area contributed by atoms with Crippen molar-refractivity contribution in [2.24, 2.45) is 24.6 Å². The standard InChI is InChI=1S/C13H20N4O3S/c1-8-11(6-15-16(8)2)21(19,20)17-7-9-4-3-5-10(9)12(17)13(14)18/h6,9-10,12H,3-5,7H2,1-2H3,(H2,14,18). The van der Waals surface area contributed by atoms with Crippen molar-refractivity contribution in [1.29, 1.82) is 0 Å². The first-order valence-corrected chi connectivity index (χ1v) is 8.58. The number of hydrogen-bond acceptors (Lipinski definition) is 4. The van der Waals surface area contributed by atoms with Crippen LogP contribution < -0.4 is 5.73 Å². The largest absolute Gasteiger partial charge is 0.368 e. The van der Waals surface area contributed by atoms with Crippen molar-refractivity contribution in [2.75, 3.05) is 6.54 Å². The van der Waals surface area contributed by atoms with E-state index in [1.165, 1.54) is 15.2 Å². The molecule has 8 heteroatoms. The summed E-state index contributed by atoms with van der Waals surface area (Å²) in [5, 5.41) is 3.99. The van der Waals surface area contributed by atoms with Crippen LogP contribution in [0.3, 0.4) is 0 Å². The SMILES string of the molecule is Cc1c(S(=O)(=O)N2CC3CCCC3C2C(N)=O)cnn1C. The van der Waals surface area contributed by atoms with Gasteiger partial charge in [-0.05, 0) is 31.6 Å². The molecule has 2 aliphatic rings. The Morgan fingerprint density at radius 2 is 2.14 bits per heavy atom. The highest BCUT2D eigenvalue weighted by molar-refractivity contribution is 7.89. The van der Waals surface area contributed by atoms with E-state index in [0.717, 1.165) is 19.3 Å². The third-order valence-electron chi connectivity index (χ3n) is 4.92. The first-order valence-electron chi connectivity index (χ1n) is 7.14. The van der Waals surface area contributed by atoms with Gasteiger partial charge in [0.25, 0.3) is 0 Å². The van der Waals surface area contributed by atoms with Gasteiger partial charge < -0.3 is 5.73 Å². The molecule has 1 aliphatic heterocycles. The van der Waals surface area contributed by atoms with Gasteiger partial charge in [0.1, 0.15) is 10.9 Å². The molecule has 2 fully saturated rings. The summed E-state index contributed by atoms with van der Waals surface area (Å²) >= 11 is 0. The van der Waals surface area contributed by atoms with Crippen LogP contribution in [0.1, 0.15) is 25.0 Å². The molecule has 1 saturated heterocycles. The van der Waals surface area contributed by atoms with E-state index in [1.54, 1.807) is 14.0 Å². The molecule has 1 aromatic heterocycles. The molecule has 3 atom stereocenters. The first kappa shape index (κ1) is 14.5. The number of aryl methyl sites for hydroxylation is 1. The molecule has 1 aliphatic carbocycles. The van der Waals surface area contributed by atoms with Crippen LogP contribution in [0, 0.1) is 18.8 Å². The molecule has 0 spiro atoms. The fourth-order valence-corrected chi connectivity index (χ4v) is 5.61. The second-order valence-corrected chi connectivity index (χ2v) is 7.85. The normalized spacial score (nSPS) is 29.7. The predicted molar refractivity (Wildman–Crippen MR) is 75.7 cm³/mol. The highest BCUT2D eigenvalue weighted by Crippen LogP contribution is 2.44. The number of carbonyl (C=O) groups excluding carboxylic acids is 1. The molecule has 1 aromatic rings. The lowest BCUT2D eigenvalue weighted by atomic mass is 9.94. The van der Waals surface area contributed by atoms with Gasteiger partial charge in [0.05, 0.1) is 11.9 Å². The van der Waals surface area contributed by atoms with Crippen molar-refractivity contribution in [3.8, 4) is 0 Å². The van der Waals surface area contributed by atoms with Gasteiger partial charge in [0.15, 0.2) is 0 Å². The van der Waals surface area contributed by atoms with Gasteiger partial charge in [-0.15, -0.1) is 0 Å². The minimum absolute atomic E-state index is 0.0641. The van der Waals surface area contributed by atoms with Crippen LogP contribution in [-0.4, -0.2) is 41.0 Å². The summed E-state index contributed by atoms with van der Waals surface area (Å²) in [5.41, 5.74) is 6.06. The zero-order valence-corrected chi connectivity index (χ0v) is 13.0. The highest BCUT2D eigenvalue weighted by atomic mass is 32.2. The van der Waals surface area contributed by atoms with Crippen LogP contribution in [0.5, 0.6) is 0 Å². The number of nitrogens with two attached hydrogens (primary N) is 1. The molecule has 7 nitrogen and oxygen atoms in total. The summed E-state index contributed by atoms with van der Waals surface area (Å²) in [4.78, 5) is 12.0. The number of aromatic nitrogens is 2.